The summed E-state index contributed by atoms with van der Waals surface area (Å²) in [7, 11) is 0. The number of nitrogens with zero attached hydrogens (tertiary/aromatic N) is 4. The Hall–Kier alpha value is -2.09. The van der Waals surface area contributed by atoms with Crippen LogP contribution in [0.25, 0.3) is 5.00 Å². The number of rotatable bonds is 4. The van der Waals surface area contributed by atoms with Gasteiger partial charge in [-0.15, -0.1) is 5.10 Å². The molecule has 0 unspecified atom stereocenters. The first-order valence-corrected chi connectivity index (χ1v) is 6.36. The van der Waals surface area contributed by atoms with Crippen LogP contribution in [-0.2, 0) is 11.2 Å². The number of carboxylic acid groups (broad SMARTS) is 1. The van der Waals surface area contributed by atoms with Crippen LogP contribution in [0.15, 0.2) is 11.0 Å². The summed E-state index contributed by atoms with van der Waals surface area (Å²) in [5, 5.41) is 13.0. The van der Waals surface area contributed by atoms with E-state index in [0.717, 1.165) is 17.1 Å². The van der Waals surface area contributed by atoms with Gasteiger partial charge < -0.3 is 5.11 Å². The van der Waals surface area contributed by atoms with E-state index in [2.05, 4.69) is 14.6 Å². The Morgan fingerprint density at radius 3 is 2.79 bits per heavy atom. The van der Waals surface area contributed by atoms with Gasteiger partial charge in [0.1, 0.15) is 5.00 Å². The zero-order chi connectivity index (χ0) is 14.0. The van der Waals surface area contributed by atoms with Gasteiger partial charge in [0.05, 0.1) is 6.20 Å². The SMILES string of the molecule is Cc1nc(=O)n(-c2cnns2)c(C)c1CCC(=O)O. The minimum Gasteiger partial charge on any atom is -0.481 e. The second-order valence-corrected chi connectivity index (χ2v) is 4.79. The van der Waals surface area contributed by atoms with Crippen LogP contribution in [0, 0.1) is 13.8 Å². The number of aryl methyl sites for hydroxylation is 1. The van der Waals surface area contributed by atoms with Crippen molar-refractivity contribution in [1.29, 1.82) is 0 Å². The molecule has 2 heterocycles. The number of aromatic nitrogens is 4. The summed E-state index contributed by atoms with van der Waals surface area (Å²) in [5.74, 6) is -0.879. The van der Waals surface area contributed by atoms with E-state index in [0.29, 0.717) is 22.8 Å². The fourth-order valence-corrected chi connectivity index (χ4v) is 2.48. The van der Waals surface area contributed by atoms with E-state index in [9.17, 15) is 9.59 Å². The Morgan fingerprint density at radius 2 is 2.21 bits per heavy atom. The molecule has 0 saturated heterocycles. The Bertz CT molecular complexity index is 663. The van der Waals surface area contributed by atoms with E-state index in [-0.39, 0.29) is 6.42 Å². The highest BCUT2D eigenvalue weighted by Crippen LogP contribution is 2.17. The Labute approximate surface area is 112 Å². The van der Waals surface area contributed by atoms with Crippen molar-refractivity contribution in [3.8, 4) is 5.00 Å². The predicted octanol–water partition coefficient (Wildman–Crippen LogP) is 0.718. The fourth-order valence-electron chi connectivity index (χ4n) is 1.91. The molecule has 0 aliphatic rings. The first-order chi connectivity index (χ1) is 9.00. The predicted molar refractivity (Wildman–Crippen MR) is 68.7 cm³/mol. The molecule has 19 heavy (non-hydrogen) atoms. The third-order valence-electron chi connectivity index (χ3n) is 2.82. The summed E-state index contributed by atoms with van der Waals surface area (Å²) in [6.07, 6.45) is 1.83. The average Bonchev–Trinajstić information content (AvgIpc) is 2.81. The zero-order valence-corrected chi connectivity index (χ0v) is 11.3. The molecule has 100 valence electrons. The molecule has 2 aromatic rings. The van der Waals surface area contributed by atoms with E-state index in [1.165, 1.54) is 10.8 Å². The summed E-state index contributed by atoms with van der Waals surface area (Å²) in [4.78, 5) is 26.5. The molecule has 0 aliphatic heterocycles. The second-order valence-electron chi connectivity index (χ2n) is 4.03. The van der Waals surface area contributed by atoms with Crippen LogP contribution in [0.1, 0.15) is 23.4 Å². The van der Waals surface area contributed by atoms with Crippen molar-refractivity contribution in [2.24, 2.45) is 0 Å². The normalized spacial score (nSPS) is 10.6. The van der Waals surface area contributed by atoms with Crippen molar-refractivity contribution < 1.29 is 9.90 Å². The van der Waals surface area contributed by atoms with Crippen molar-refractivity contribution in [2.75, 3.05) is 0 Å². The lowest BCUT2D eigenvalue weighted by Crippen LogP contribution is -2.26. The van der Waals surface area contributed by atoms with E-state index in [4.69, 9.17) is 5.11 Å². The van der Waals surface area contributed by atoms with Crippen LogP contribution in [0.3, 0.4) is 0 Å². The molecular weight excluding hydrogens is 268 g/mol. The maximum Gasteiger partial charge on any atom is 0.353 e. The number of hydrogen-bond acceptors (Lipinski definition) is 6. The summed E-state index contributed by atoms with van der Waals surface area (Å²) in [6.45, 7) is 3.48. The summed E-state index contributed by atoms with van der Waals surface area (Å²) >= 11 is 1.09. The zero-order valence-electron chi connectivity index (χ0n) is 10.5. The molecule has 0 amide bonds. The lowest BCUT2D eigenvalue weighted by molar-refractivity contribution is -0.136. The van der Waals surface area contributed by atoms with Crippen molar-refractivity contribution in [1.82, 2.24) is 19.1 Å². The van der Waals surface area contributed by atoms with Crippen LogP contribution in [0.5, 0.6) is 0 Å². The molecule has 0 saturated carbocycles. The summed E-state index contributed by atoms with van der Waals surface area (Å²) in [6, 6.07) is 0. The first-order valence-electron chi connectivity index (χ1n) is 5.59. The van der Waals surface area contributed by atoms with E-state index >= 15 is 0 Å². The molecule has 0 aliphatic carbocycles. The van der Waals surface area contributed by atoms with Gasteiger partial charge in [0.2, 0.25) is 0 Å². The van der Waals surface area contributed by atoms with Gasteiger partial charge in [-0.25, -0.2) is 4.79 Å². The second kappa shape index (κ2) is 5.27. The highest BCUT2D eigenvalue weighted by Gasteiger charge is 2.15. The summed E-state index contributed by atoms with van der Waals surface area (Å²) < 4.78 is 5.13. The molecule has 0 bridgehead atoms. The van der Waals surface area contributed by atoms with Crippen LogP contribution in [0.4, 0.5) is 0 Å². The molecule has 0 atom stereocenters. The fraction of sp³-hybridized carbons (Fsp3) is 0.364. The van der Waals surface area contributed by atoms with Gasteiger partial charge in [-0.1, -0.05) is 4.49 Å². The maximum absolute atomic E-state index is 11.9. The number of carboxylic acids is 1. The lowest BCUT2D eigenvalue weighted by Gasteiger charge is -2.12. The highest BCUT2D eigenvalue weighted by atomic mass is 32.1. The van der Waals surface area contributed by atoms with Crippen LogP contribution in [0.2, 0.25) is 0 Å². The smallest absolute Gasteiger partial charge is 0.353 e. The molecule has 0 fully saturated rings. The van der Waals surface area contributed by atoms with Gasteiger partial charge in [-0.05, 0) is 25.8 Å². The molecule has 2 rings (SSSR count). The maximum atomic E-state index is 11.9. The van der Waals surface area contributed by atoms with Gasteiger partial charge in [-0.2, -0.15) is 4.98 Å². The molecule has 1 N–H and O–H groups in total. The molecular formula is C11H12N4O3S. The van der Waals surface area contributed by atoms with Crippen LogP contribution >= 0.6 is 11.5 Å². The van der Waals surface area contributed by atoms with Gasteiger partial charge in [0, 0.05) is 29.3 Å². The van der Waals surface area contributed by atoms with Gasteiger partial charge in [0.15, 0.2) is 0 Å². The molecule has 0 aromatic carbocycles. The molecule has 2 aromatic heterocycles. The quantitative estimate of drug-likeness (QED) is 0.886. The highest BCUT2D eigenvalue weighted by molar-refractivity contribution is 7.08. The Kier molecular flexibility index (Phi) is 3.70. The van der Waals surface area contributed by atoms with Crippen molar-refractivity contribution in [3.05, 3.63) is 33.6 Å². The lowest BCUT2D eigenvalue weighted by atomic mass is 10.1. The minimum absolute atomic E-state index is 0.00248. The monoisotopic (exact) mass is 280 g/mol. The van der Waals surface area contributed by atoms with E-state index in [1.54, 1.807) is 13.8 Å². The minimum atomic E-state index is -0.879. The van der Waals surface area contributed by atoms with E-state index < -0.39 is 11.7 Å². The topological polar surface area (TPSA) is 98.0 Å². The standard InChI is InChI=1S/C11H12N4O3S/c1-6-8(3-4-10(16)17)7(2)15(11(18)13-6)9-5-12-14-19-9/h5H,3-4H2,1-2H3,(H,16,17). The molecule has 8 heteroatoms. The molecule has 7 nitrogen and oxygen atoms in total. The van der Waals surface area contributed by atoms with Crippen molar-refractivity contribution in [2.45, 2.75) is 26.7 Å². The van der Waals surface area contributed by atoms with Crippen molar-refractivity contribution >= 4 is 17.5 Å². The van der Waals surface area contributed by atoms with E-state index in [1.807, 2.05) is 0 Å². The van der Waals surface area contributed by atoms with Gasteiger partial charge >= 0.3 is 11.7 Å². The molecule has 0 radical (unpaired) electrons. The largest absolute Gasteiger partial charge is 0.481 e. The number of hydrogen-bond donors (Lipinski definition) is 1. The van der Waals surface area contributed by atoms with Crippen molar-refractivity contribution in [3.63, 3.8) is 0 Å². The van der Waals surface area contributed by atoms with Crippen LogP contribution in [-0.4, -0.2) is 30.2 Å². The Morgan fingerprint density at radius 1 is 1.47 bits per heavy atom. The average molecular weight is 280 g/mol. The number of carbonyl (C=O) groups is 1. The Balaban J connectivity index is 2.54. The van der Waals surface area contributed by atoms with Crippen LogP contribution < -0.4 is 5.69 Å². The van der Waals surface area contributed by atoms with Gasteiger partial charge in [0.25, 0.3) is 0 Å². The molecule has 0 spiro atoms. The van der Waals surface area contributed by atoms with Gasteiger partial charge in [-0.3, -0.25) is 9.36 Å². The summed E-state index contributed by atoms with van der Waals surface area (Å²) in [5.41, 5.74) is 1.62. The number of aliphatic carboxylic acids is 1. The third kappa shape index (κ3) is 2.68. The first kappa shape index (κ1) is 13.3. The third-order valence-corrected chi connectivity index (χ3v) is 3.47.